The fourth-order valence-corrected chi connectivity index (χ4v) is 1.59. The molecule has 0 aliphatic carbocycles. The van der Waals surface area contributed by atoms with Crippen molar-refractivity contribution in [1.82, 2.24) is 5.32 Å². The summed E-state index contributed by atoms with van der Waals surface area (Å²) in [4.78, 5) is 22.4. The fourth-order valence-electron chi connectivity index (χ4n) is 1.59. The lowest BCUT2D eigenvalue weighted by atomic mass is 10.0. The number of carbonyl (C=O) groups is 2. The van der Waals surface area contributed by atoms with Crippen molar-refractivity contribution in [3.8, 4) is 0 Å². The van der Waals surface area contributed by atoms with Crippen molar-refractivity contribution in [2.24, 2.45) is 0 Å². The Labute approximate surface area is 111 Å². The number of carbonyl (C=O) groups excluding carboxylic acids is 1. The van der Waals surface area contributed by atoms with E-state index < -0.39 is 18.1 Å². The molecule has 0 aliphatic heterocycles. The van der Waals surface area contributed by atoms with Gasteiger partial charge >= 0.3 is 12.1 Å². The third-order valence-corrected chi connectivity index (χ3v) is 2.44. The maximum Gasteiger partial charge on any atom is 0.408 e. The SMILES string of the molecule is C=CCOC(=O)NC(Cc1cccc(C)c1)C(=O)O. The number of amides is 1. The Hall–Kier alpha value is -2.30. The zero-order valence-corrected chi connectivity index (χ0v) is 10.8. The molecule has 0 radical (unpaired) electrons. The lowest BCUT2D eigenvalue weighted by molar-refractivity contribution is -0.139. The van der Waals surface area contributed by atoms with E-state index in [2.05, 4.69) is 11.9 Å². The van der Waals surface area contributed by atoms with E-state index in [1.165, 1.54) is 6.08 Å². The molecule has 1 amide bonds. The minimum Gasteiger partial charge on any atom is -0.480 e. The predicted molar refractivity (Wildman–Crippen MR) is 71.0 cm³/mol. The molecule has 0 aromatic heterocycles. The maximum atomic E-state index is 11.3. The third-order valence-electron chi connectivity index (χ3n) is 2.44. The zero-order chi connectivity index (χ0) is 14.3. The highest BCUT2D eigenvalue weighted by atomic mass is 16.5. The van der Waals surface area contributed by atoms with E-state index in [0.717, 1.165) is 11.1 Å². The van der Waals surface area contributed by atoms with Gasteiger partial charge in [-0.05, 0) is 12.5 Å². The molecule has 1 unspecified atom stereocenters. The summed E-state index contributed by atoms with van der Waals surface area (Å²) in [5.74, 6) is -1.10. The lowest BCUT2D eigenvalue weighted by Crippen LogP contribution is -2.42. The molecule has 0 heterocycles. The zero-order valence-electron chi connectivity index (χ0n) is 10.8. The summed E-state index contributed by atoms with van der Waals surface area (Å²) in [6.07, 6.45) is 0.857. The van der Waals surface area contributed by atoms with Gasteiger partial charge in [-0.25, -0.2) is 9.59 Å². The van der Waals surface area contributed by atoms with Crippen LogP contribution in [0.25, 0.3) is 0 Å². The van der Waals surface area contributed by atoms with Crippen LogP contribution in [0, 0.1) is 6.92 Å². The van der Waals surface area contributed by atoms with Gasteiger partial charge in [0.05, 0.1) is 0 Å². The van der Waals surface area contributed by atoms with Crippen LogP contribution in [0.4, 0.5) is 4.79 Å². The number of hydrogen-bond donors (Lipinski definition) is 2. The van der Waals surface area contributed by atoms with Crippen LogP contribution < -0.4 is 5.32 Å². The number of benzene rings is 1. The number of hydrogen-bond acceptors (Lipinski definition) is 3. The van der Waals surface area contributed by atoms with Gasteiger partial charge in [0, 0.05) is 6.42 Å². The average Bonchev–Trinajstić information content (AvgIpc) is 2.35. The van der Waals surface area contributed by atoms with Crippen LogP contribution in [0.3, 0.4) is 0 Å². The van der Waals surface area contributed by atoms with Gasteiger partial charge in [-0.15, -0.1) is 0 Å². The molecule has 2 N–H and O–H groups in total. The first kappa shape index (κ1) is 14.8. The molecule has 0 aliphatic rings. The summed E-state index contributed by atoms with van der Waals surface area (Å²) >= 11 is 0. The number of carboxylic acids is 1. The molecule has 102 valence electrons. The van der Waals surface area contributed by atoms with Crippen molar-refractivity contribution in [3.63, 3.8) is 0 Å². The van der Waals surface area contributed by atoms with Crippen molar-refractivity contribution in [1.29, 1.82) is 0 Å². The van der Waals surface area contributed by atoms with Crippen molar-refractivity contribution >= 4 is 12.1 Å². The standard InChI is InChI=1S/C14H17NO4/c1-3-7-19-14(18)15-12(13(16)17)9-11-6-4-5-10(2)8-11/h3-6,8,12H,1,7,9H2,2H3,(H,15,18)(H,16,17). The van der Waals surface area contributed by atoms with Gasteiger partial charge in [-0.2, -0.15) is 0 Å². The molecule has 5 heteroatoms. The first-order valence-electron chi connectivity index (χ1n) is 5.85. The first-order chi connectivity index (χ1) is 9.02. The summed E-state index contributed by atoms with van der Waals surface area (Å²) in [7, 11) is 0. The summed E-state index contributed by atoms with van der Waals surface area (Å²) in [6.45, 7) is 5.37. The largest absolute Gasteiger partial charge is 0.480 e. The topological polar surface area (TPSA) is 75.6 Å². The highest BCUT2D eigenvalue weighted by Gasteiger charge is 2.20. The minimum atomic E-state index is -1.10. The van der Waals surface area contributed by atoms with Crippen LogP contribution in [0.15, 0.2) is 36.9 Å². The van der Waals surface area contributed by atoms with Crippen LogP contribution >= 0.6 is 0 Å². The number of ether oxygens (including phenoxy) is 1. The average molecular weight is 263 g/mol. The Morgan fingerprint density at radius 3 is 2.84 bits per heavy atom. The molecular formula is C14H17NO4. The molecule has 0 spiro atoms. The van der Waals surface area contributed by atoms with E-state index in [1.54, 1.807) is 0 Å². The van der Waals surface area contributed by atoms with Crippen molar-refractivity contribution in [2.45, 2.75) is 19.4 Å². The molecule has 1 aromatic carbocycles. The van der Waals surface area contributed by atoms with E-state index in [9.17, 15) is 9.59 Å². The molecular weight excluding hydrogens is 246 g/mol. The number of aryl methyl sites for hydroxylation is 1. The molecule has 19 heavy (non-hydrogen) atoms. The van der Waals surface area contributed by atoms with E-state index in [1.807, 2.05) is 31.2 Å². The Morgan fingerprint density at radius 2 is 2.26 bits per heavy atom. The molecule has 0 saturated carbocycles. The molecule has 0 fully saturated rings. The Kier molecular flexibility index (Phi) is 5.60. The first-order valence-corrected chi connectivity index (χ1v) is 5.85. The molecule has 0 bridgehead atoms. The van der Waals surface area contributed by atoms with E-state index in [0.29, 0.717) is 0 Å². The van der Waals surface area contributed by atoms with Crippen LogP contribution in [-0.2, 0) is 16.0 Å². The Balaban J connectivity index is 2.65. The van der Waals surface area contributed by atoms with Crippen molar-refractivity contribution in [3.05, 3.63) is 48.0 Å². The quantitative estimate of drug-likeness (QED) is 0.769. The summed E-state index contributed by atoms with van der Waals surface area (Å²) < 4.78 is 4.70. The van der Waals surface area contributed by atoms with Gasteiger partial charge in [0.1, 0.15) is 12.6 Å². The highest BCUT2D eigenvalue weighted by Crippen LogP contribution is 2.07. The van der Waals surface area contributed by atoms with Gasteiger partial charge in [-0.1, -0.05) is 42.5 Å². The fraction of sp³-hybridized carbons (Fsp3) is 0.286. The molecule has 1 rings (SSSR count). The number of nitrogens with one attached hydrogen (secondary N) is 1. The minimum absolute atomic E-state index is 0.0443. The lowest BCUT2D eigenvalue weighted by Gasteiger charge is -2.14. The van der Waals surface area contributed by atoms with Crippen LogP contribution in [-0.4, -0.2) is 29.8 Å². The van der Waals surface area contributed by atoms with Gasteiger partial charge in [0.2, 0.25) is 0 Å². The van der Waals surface area contributed by atoms with Gasteiger partial charge in [-0.3, -0.25) is 0 Å². The second-order valence-electron chi connectivity index (χ2n) is 4.12. The molecule has 1 atom stereocenters. The summed E-state index contributed by atoms with van der Waals surface area (Å²) in [5, 5.41) is 11.4. The summed E-state index contributed by atoms with van der Waals surface area (Å²) in [5.41, 5.74) is 1.88. The highest BCUT2D eigenvalue weighted by molar-refractivity contribution is 5.80. The van der Waals surface area contributed by atoms with Crippen LogP contribution in [0.2, 0.25) is 0 Å². The van der Waals surface area contributed by atoms with Crippen LogP contribution in [0.5, 0.6) is 0 Å². The molecule has 1 aromatic rings. The maximum absolute atomic E-state index is 11.3. The van der Waals surface area contributed by atoms with Crippen LogP contribution in [0.1, 0.15) is 11.1 Å². The second kappa shape index (κ2) is 7.20. The Morgan fingerprint density at radius 1 is 1.53 bits per heavy atom. The summed E-state index contributed by atoms with van der Waals surface area (Å²) in [6, 6.07) is 6.45. The van der Waals surface area contributed by atoms with Gasteiger partial charge in [0.25, 0.3) is 0 Å². The number of alkyl carbamates (subject to hydrolysis) is 1. The predicted octanol–water partition coefficient (Wildman–Crippen LogP) is 1.90. The molecule has 0 saturated heterocycles. The second-order valence-corrected chi connectivity index (χ2v) is 4.12. The van der Waals surface area contributed by atoms with Gasteiger partial charge < -0.3 is 15.2 Å². The number of carboxylic acid groups (broad SMARTS) is 1. The van der Waals surface area contributed by atoms with E-state index in [4.69, 9.17) is 9.84 Å². The van der Waals surface area contributed by atoms with E-state index >= 15 is 0 Å². The van der Waals surface area contributed by atoms with Crippen molar-refractivity contribution in [2.75, 3.05) is 6.61 Å². The van der Waals surface area contributed by atoms with Gasteiger partial charge in [0.15, 0.2) is 0 Å². The number of rotatable bonds is 6. The molecule has 5 nitrogen and oxygen atoms in total. The third kappa shape index (κ3) is 5.25. The van der Waals surface area contributed by atoms with E-state index in [-0.39, 0.29) is 13.0 Å². The van der Waals surface area contributed by atoms with Crippen molar-refractivity contribution < 1.29 is 19.4 Å². The monoisotopic (exact) mass is 263 g/mol. The smallest absolute Gasteiger partial charge is 0.408 e. The number of aliphatic carboxylic acids is 1. The normalized spacial score (nSPS) is 11.4. The Bertz CT molecular complexity index is 470.